The van der Waals surface area contributed by atoms with E-state index in [-0.39, 0.29) is 12.3 Å². The number of amides is 1. The second kappa shape index (κ2) is 7.09. The normalized spacial score (nSPS) is 9.65. The Balaban J connectivity index is 2.64. The number of carbonyl (C=O) groups excluding carboxylic acids is 1. The summed E-state index contributed by atoms with van der Waals surface area (Å²) in [6, 6.07) is 2.61. The molecule has 0 aliphatic heterocycles. The molecule has 0 spiro atoms. The van der Waals surface area contributed by atoms with Crippen molar-refractivity contribution in [3.63, 3.8) is 0 Å². The van der Waals surface area contributed by atoms with Crippen LogP contribution in [0.5, 0.6) is 5.75 Å². The molecule has 0 aromatic heterocycles. The third-order valence-corrected chi connectivity index (χ3v) is 2.21. The van der Waals surface area contributed by atoms with Gasteiger partial charge in [0.05, 0.1) is 6.54 Å². The summed E-state index contributed by atoms with van der Waals surface area (Å²) in [6.45, 7) is -1.39. The van der Waals surface area contributed by atoms with E-state index >= 15 is 0 Å². The number of ether oxygens (including phenoxy) is 1. The quantitative estimate of drug-likeness (QED) is 0.787. The summed E-state index contributed by atoms with van der Waals surface area (Å²) in [7, 11) is 0. The van der Waals surface area contributed by atoms with Gasteiger partial charge in [-0.05, 0) is 12.1 Å². The van der Waals surface area contributed by atoms with Crippen LogP contribution in [0.2, 0.25) is 0 Å². The number of hydrogen-bond donors (Lipinski definition) is 1. The summed E-state index contributed by atoms with van der Waals surface area (Å²) in [5.41, 5.74) is 0. The molecule has 0 bridgehead atoms. The van der Waals surface area contributed by atoms with E-state index in [0.29, 0.717) is 6.07 Å². The Labute approximate surface area is 113 Å². The second-order valence-corrected chi connectivity index (χ2v) is 3.71. The number of rotatable bonds is 6. The molecule has 0 radical (unpaired) electrons. The maximum Gasteiger partial charge on any atom is 0.323 e. The fraction of sp³-hybridized carbons (Fsp3) is 0.231. The molecule has 0 aliphatic rings. The van der Waals surface area contributed by atoms with Crippen LogP contribution in [0.1, 0.15) is 0 Å². The van der Waals surface area contributed by atoms with Crippen molar-refractivity contribution in [3.8, 4) is 18.1 Å². The van der Waals surface area contributed by atoms with E-state index < -0.39 is 36.7 Å². The van der Waals surface area contributed by atoms with Crippen molar-refractivity contribution >= 4 is 11.9 Å². The largest absolute Gasteiger partial charge is 0.481 e. The Kier molecular flexibility index (Phi) is 5.47. The Morgan fingerprint density at radius 1 is 1.40 bits per heavy atom. The maximum atomic E-state index is 13.2. The smallest absolute Gasteiger partial charge is 0.323 e. The van der Waals surface area contributed by atoms with Crippen LogP contribution >= 0.6 is 0 Å². The number of halogens is 2. The minimum absolute atomic E-state index is 0.208. The van der Waals surface area contributed by atoms with Gasteiger partial charge in [-0.2, -0.15) is 0 Å². The van der Waals surface area contributed by atoms with Gasteiger partial charge in [-0.15, -0.1) is 6.42 Å². The highest BCUT2D eigenvalue weighted by Gasteiger charge is 2.17. The van der Waals surface area contributed by atoms with E-state index in [1.165, 1.54) is 0 Å². The summed E-state index contributed by atoms with van der Waals surface area (Å²) in [5.74, 6) is -1.86. The van der Waals surface area contributed by atoms with Crippen LogP contribution in [-0.2, 0) is 9.59 Å². The number of aliphatic carboxylic acids is 1. The molecule has 0 aliphatic carbocycles. The first-order chi connectivity index (χ1) is 9.43. The predicted octanol–water partition coefficient (Wildman–Crippen LogP) is 0.890. The molecule has 106 valence electrons. The maximum absolute atomic E-state index is 13.2. The van der Waals surface area contributed by atoms with E-state index in [1.54, 1.807) is 0 Å². The van der Waals surface area contributed by atoms with E-state index in [0.717, 1.165) is 17.0 Å². The molecule has 0 saturated carbocycles. The molecule has 7 heteroatoms. The van der Waals surface area contributed by atoms with Gasteiger partial charge in [-0.1, -0.05) is 5.92 Å². The highest BCUT2D eigenvalue weighted by Crippen LogP contribution is 2.17. The van der Waals surface area contributed by atoms with Gasteiger partial charge in [-0.3, -0.25) is 9.59 Å². The standard InChI is InChI=1S/C13H11F2NO4/c1-2-5-16(7-13(18)19)12(17)8-20-11-4-3-9(14)6-10(11)15/h1,3-4,6H,5,7-8H2,(H,18,19). The zero-order chi connectivity index (χ0) is 15.1. The van der Waals surface area contributed by atoms with Crippen LogP contribution in [0.4, 0.5) is 8.78 Å². The Morgan fingerprint density at radius 3 is 2.65 bits per heavy atom. The fourth-order valence-electron chi connectivity index (χ4n) is 1.33. The first kappa shape index (κ1) is 15.4. The first-order valence-electron chi connectivity index (χ1n) is 5.45. The van der Waals surface area contributed by atoms with Gasteiger partial charge in [0.1, 0.15) is 12.4 Å². The summed E-state index contributed by atoms with van der Waals surface area (Å²) in [6.07, 6.45) is 5.01. The monoisotopic (exact) mass is 283 g/mol. The molecule has 1 aromatic rings. The lowest BCUT2D eigenvalue weighted by atomic mass is 10.3. The molecule has 1 N–H and O–H groups in total. The molecule has 0 unspecified atom stereocenters. The molecular weight excluding hydrogens is 272 g/mol. The molecule has 5 nitrogen and oxygen atoms in total. The van der Waals surface area contributed by atoms with Crippen LogP contribution in [0.3, 0.4) is 0 Å². The number of hydrogen-bond acceptors (Lipinski definition) is 3. The zero-order valence-corrected chi connectivity index (χ0v) is 10.3. The highest BCUT2D eigenvalue weighted by molar-refractivity contribution is 5.82. The fourth-order valence-corrected chi connectivity index (χ4v) is 1.33. The molecule has 0 fully saturated rings. The van der Waals surface area contributed by atoms with Crippen molar-refractivity contribution in [3.05, 3.63) is 29.8 Å². The minimum atomic E-state index is -1.23. The van der Waals surface area contributed by atoms with Gasteiger partial charge < -0.3 is 14.7 Å². The number of carboxylic acid groups (broad SMARTS) is 1. The van der Waals surface area contributed by atoms with Gasteiger partial charge in [0.2, 0.25) is 0 Å². The van der Waals surface area contributed by atoms with Crippen LogP contribution < -0.4 is 4.74 Å². The molecule has 20 heavy (non-hydrogen) atoms. The van der Waals surface area contributed by atoms with Gasteiger partial charge >= 0.3 is 5.97 Å². The number of terminal acetylenes is 1. The average molecular weight is 283 g/mol. The van der Waals surface area contributed by atoms with E-state index in [2.05, 4.69) is 5.92 Å². The topological polar surface area (TPSA) is 66.8 Å². The van der Waals surface area contributed by atoms with Crippen molar-refractivity contribution in [2.24, 2.45) is 0 Å². The summed E-state index contributed by atoms with van der Waals surface area (Å²) < 4.78 is 30.8. The van der Waals surface area contributed by atoms with E-state index in [9.17, 15) is 18.4 Å². The van der Waals surface area contributed by atoms with Gasteiger partial charge in [-0.25, -0.2) is 8.78 Å². The van der Waals surface area contributed by atoms with Gasteiger partial charge in [0, 0.05) is 6.07 Å². The van der Waals surface area contributed by atoms with Crippen molar-refractivity contribution < 1.29 is 28.2 Å². The SMILES string of the molecule is C#CCN(CC(=O)O)C(=O)COc1ccc(F)cc1F. The molecule has 0 saturated heterocycles. The van der Waals surface area contributed by atoms with Gasteiger partial charge in [0.15, 0.2) is 18.2 Å². The van der Waals surface area contributed by atoms with Crippen molar-refractivity contribution in [1.29, 1.82) is 0 Å². The number of benzene rings is 1. The lowest BCUT2D eigenvalue weighted by Crippen LogP contribution is -2.39. The lowest BCUT2D eigenvalue weighted by molar-refractivity contribution is -0.144. The third-order valence-electron chi connectivity index (χ3n) is 2.21. The molecule has 1 rings (SSSR count). The molecule has 1 amide bonds. The van der Waals surface area contributed by atoms with E-state index in [4.69, 9.17) is 16.3 Å². The Morgan fingerprint density at radius 2 is 2.10 bits per heavy atom. The lowest BCUT2D eigenvalue weighted by Gasteiger charge is -2.18. The van der Waals surface area contributed by atoms with Crippen molar-refractivity contribution in [1.82, 2.24) is 4.90 Å². The Bertz CT molecular complexity index is 554. The summed E-state index contributed by atoms with van der Waals surface area (Å²) in [4.78, 5) is 23.1. The van der Waals surface area contributed by atoms with Crippen LogP contribution in [0.15, 0.2) is 18.2 Å². The van der Waals surface area contributed by atoms with Crippen molar-refractivity contribution in [2.45, 2.75) is 0 Å². The molecule has 0 atom stereocenters. The third kappa shape index (κ3) is 4.57. The predicted molar refractivity (Wildman–Crippen MR) is 64.9 cm³/mol. The summed E-state index contributed by atoms with van der Waals surface area (Å²) in [5, 5.41) is 8.61. The van der Waals surface area contributed by atoms with Gasteiger partial charge in [0.25, 0.3) is 5.91 Å². The number of nitrogens with zero attached hydrogens (tertiary/aromatic N) is 1. The van der Waals surface area contributed by atoms with Crippen molar-refractivity contribution in [2.75, 3.05) is 19.7 Å². The first-order valence-corrected chi connectivity index (χ1v) is 5.45. The molecule has 1 aromatic carbocycles. The molecule has 0 heterocycles. The molecular formula is C13H11F2NO4. The van der Waals surface area contributed by atoms with E-state index in [1.807, 2.05) is 0 Å². The average Bonchev–Trinajstić information content (AvgIpc) is 2.36. The van der Waals surface area contributed by atoms with Crippen LogP contribution in [0, 0.1) is 24.0 Å². The second-order valence-electron chi connectivity index (χ2n) is 3.71. The zero-order valence-electron chi connectivity index (χ0n) is 10.3. The highest BCUT2D eigenvalue weighted by atomic mass is 19.1. The summed E-state index contributed by atoms with van der Waals surface area (Å²) >= 11 is 0. The van der Waals surface area contributed by atoms with Crippen LogP contribution in [-0.4, -0.2) is 41.6 Å². The Hall–Kier alpha value is -2.62. The number of carbonyl (C=O) groups is 2. The number of carboxylic acids is 1. The van der Waals surface area contributed by atoms with Crippen LogP contribution in [0.25, 0.3) is 0 Å². The minimum Gasteiger partial charge on any atom is -0.481 e.